The van der Waals surface area contributed by atoms with Crippen molar-refractivity contribution in [2.45, 2.75) is 18.4 Å². The fourth-order valence-corrected chi connectivity index (χ4v) is 2.94. The van der Waals surface area contributed by atoms with Crippen molar-refractivity contribution in [1.29, 1.82) is 0 Å². The summed E-state index contributed by atoms with van der Waals surface area (Å²) in [6.45, 7) is -0.277. The molecule has 9 nitrogen and oxygen atoms in total. The van der Waals surface area contributed by atoms with Gasteiger partial charge < -0.3 is 24.7 Å². The van der Waals surface area contributed by atoms with Gasteiger partial charge in [0.1, 0.15) is 0 Å². The van der Waals surface area contributed by atoms with Gasteiger partial charge in [-0.3, -0.25) is 9.78 Å². The molecule has 144 valence electrons. The summed E-state index contributed by atoms with van der Waals surface area (Å²) in [5.74, 6) is -0.212. The third kappa shape index (κ3) is 3.34. The van der Waals surface area contributed by atoms with E-state index >= 15 is 0 Å². The van der Waals surface area contributed by atoms with Gasteiger partial charge in [0.2, 0.25) is 5.95 Å². The number of hydrogen-bond donors (Lipinski definition) is 2. The number of nitrogen functional groups attached to an aromatic ring is 1. The van der Waals surface area contributed by atoms with Gasteiger partial charge in [0.05, 0.1) is 12.9 Å². The largest absolute Gasteiger partial charge is 0.806 e. The topological polar surface area (TPSA) is 153 Å². The second-order valence-electron chi connectivity index (χ2n) is 5.64. The molecule has 3 N–H and O–H groups in total. The van der Waals surface area contributed by atoms with Gasteiger partial charge >= 0.3 is 5.66 Å². The minimum atomic E-state index is -6.53. The Hall–Kier alpha value is -2.69. The van der Waals surface area contributed by atoms with Crippen molar-refractivity contribution in [2.75, 3.05) is 5.73 Å². The number of H-pyrrole nitrogens is 1. The standard InChI is InChI=1S/C14H13F3N5O4P/c15-10(14(16,17)27(24,25)26)8-4-2-1-3-7(8)5-22-6-19-9-11(22)20-13(18)21-12(9)23/h1-4,6,10H,5H2,(H2,24,25,26)(H3,18,20,21,23)/p-2. The number of imidazole rings is 1. The predicted molar refractivity (Wildman–Crippen MR) is 84.5 cm³/mol. The zero-order chi connectivity index (χ0) is 20.0. The van der Waals surface area contributed by atoms with E-state index in [0.717, 1.165) is 6.07 Å². The minimum absolute atomic E-state index is 0.0199. The Kier molecular flexibility index (Phi) is 4.58. The van der Waals surface area contributed by atoms with Crippen LogP contribution in [-0.4, -0.2) is 25.2 Å². The number of nitrogens with zero attached hydrogens (tertiary/aromatic N) is 3. The van der Waals surface area contributed by atoms with Gasteiger partial charge in [-0.1, -0.05) is 24.3 Å². The van der Waals surface area contributed by atoms with Crippen LogP contribution in [0.2, 0.25) is 0 Å². The molecule has 2 aromatic heterocycles. The molecule has 0 saturated carbocycles. The molecular weight excluding hydrogens is 390 g/mol. The van der Waals surface area contributed by atoms with Crippen molar-refractivity contribution in [1.82, 2.24) is 19.5 Å². The smallest absolute Gasteiger partial charge is 0.306 e. The molecule has 0 bridgehead atoms. The molecule has 27 heavy (non-hydrogen) atoms. The summed E-state index contributed by atoms with van der Waals surface area (Å²) in [6, 6.07) is 4.83. The Morgan fingerprint density at radius 3 is 2.67 bits per heavy atom. The maximum Gasteiger partial charge on any atom is 0.306 e. The zero-order valence-electron chi connectivity index (χ0n) is 13.3. The lowest BCUT2D eigenvalue weighted by atomic mass is 10.0. The van der Waals surface area contributed by atoms with Crippen LogP contribution in [0, 0.1) is 0 Å². The normalized spacial score (nSPS) is 13.8. The summed E-state index contributed by atoms with van der Waals surface area (Å²) < 4.78 is 53.6. The first-order valence-electron chi connectivity index (χ1n) is 7.35. The number of fused-ring (bicyclic) bond motifs is 1. The van der Waals surface area contributed by atoms with E-state index in [4.69, 9.17) is 5.73 Å². The first-order valence-corrected chi connectivity index (χ1v) is 8.89. The molecule has 1 unspecified atom stereocenters. The SMILES string of the molecule is Nc1nc2c(ncn2Cc2ccccc2C(F)C(F)(F)P(=O)([O-])[O-])c(=O)[nH]1. The molecule has 0 fully saturated rings. The highest BCUT2D eigenvalue weighted by atomic mass is 31.2. The van der Waals surface area contributed by atoms with Crippen molar-refractivity contribution in [3.8, 4) is 0 Å². The average molecular weight is 401 g/mol. The van der Waals surface area contributed by atoms with Crippen molar-refractivity contribution >= 4 is 24.7 Å². The Morgan fingerprint density at radius 2 is 2.00 bits per heavy atom. The maximum absolute atomic E-state index is 14.3. The number of nitrogens with one attached hydrogen (secondary N) is 1. The maximum atomic E-state index is 14.3. The predicted octanol–water partition coefficient (Wildman–Crippen LogP) is 0.267. The summed E-state index contributed by atoms with van der Waals surface area (Å²) in [7, 11) is -6.53. The summed E-state index contributed by atoms with van der Waals surface area (Å²) in [6.07, 6.45) is -2.20. The number of hydrogen-bond acceptors (Lipinski definition) is 7. The van der Waals surface area contributed by atoms with Crippen LogP contribution in [0.1, 0.15) is 17.3 Å². The third-order valence-corrected chi connectivity index (χ3v) is 4.79. The first-order chi connectivity index (χ1) is 12.5. The Balaban J connectivity index is 2.06. The van der Waals surface area contributed by atoms with E-state index in [1.165, 1.54) is 29.1 Å². The molecule has 2 heterocycles. The van der Waals surface area contributed by atoms with Crippen LogP contribution in [-0.2, 0) is 11.1 Å². The highest BCUT2D eigenvalue weighted by Crippen LogP contribution is 2.55. The molecule has 0 radical (unpaired) electrons. The number of rotatable bonds is 5. The van der Waals surface area contributed by atoms with E-state index in [0.29, 0.717) is 0 Å². The molecule has 1 aromatic carbocycles. The zero-order valence-corrected chi connectivity index (χ0v) is 14.2. The molecule has 0 saturated heterocycles. The van der Waals surface area contributed by atoms with Gasteiger partial charge in [-0.05, 0) is 11.1 Å². The number of aromatic amines is 1. The fourth-order valence-electron chi connectivity index (χ4n) is 2.52. The Labute approximate surface area is 148 Å². The highest BCUT2D eigenvalue weighted by Gasteiger charge is 2.45. The van der Waals surface area contributed by atoms with Crippen molar-refractivity contribution in [3.63, 3.8) is 0 Å². The van der Waals surface area contributed by atoms with Gasteiger partial charge in [-0.15, -0.1) is 0 Å². The monoisotopic (exact) mass is 401 g/mol. The molecule has 0 aliphatic heterocycles. The van der Waals surface area contributed by atoms with Crippen LogP contribution >= 0.6 is 7.60 Å². The summed E-state index contributed by atoms with van der Waals surface area (Å²) in [5, 5.41) is 0. The lowest BCUT2D eigenvalue weighted by Crippen LogP contribution is -2.35. The molecule has 0 amide bonds. The van der Waals surface area contributed by atoms with Crippen molar-refractivity contribution < 1.29 is 27.5 Å². The van der Waals surface area contributed by atoms with E-state index in [9.17, 15) is 32.3 Å². The van der Waals surface area contributed by atoms with Crippen LogP contribution in [0.5, 0.6) is 0 Å². The summed E-state index contributed by atoms with van der Waals surface area (Å²) in [4.78, 5) is 43.2. The average Bonchev–Trinajstić information content (AvgIpc) is 2.97. The Bertz CT molecular complexity index is 1110. The molecule has 13 heteroatoms. The van der Waals surface area contributed by atoms with Crippen molar-refractivity contribution in [2.24, 2.45) is 0 Å². The van der Waals surface area contributed by atoms with Gasteiger partial charge in [0.15, 0.2) is 17.3 Å². The van der Waals surface area contributed by atoms with E-state index in [1.54, 1.807) is 0 Å². The molecule has 0 aliphatic carbocycles. The van der Waals surface area contributed by atoms with Gasteiger partial charge in [0.25, 0.3) is 5.56 Å². The van der Waals surface area contributed by atoms with Crippen LogP contribution in [0.15, 0.2) is 35.4 Å². The number of halogens is 3. The summed E-state index contributed by atoms with van der Waals surface area (Å²) in [5.41, 5.74) is -1.09. The second kappa shape index (κ2) is 6.48. The van der Waals surface area contributed by atoms with Crippen LogP contribution in [0.3, 0.4) is 0 Å². The molecule has 1 atom stereocenters. The molecule has 0 aliphatic rings. The number of anilines is 1. The summed E-state index contributed by atoms with van der Waals surface area (Å²) >= 11 is 0. The number of alkyl halides is 3. The van der Waals surface area contributed by atoms with Gasteiger partial charge in [-0.2, -0.15) is 13.8 Å². The Morgan fingerprint density at radius 1 is 1.33 bits per heavy atom. The quantitative estimate of drug-likeness (QED) is 0.582. The van der Waals surface area contributed by atoms with Crippen LogP contribution < -0.4 is 21.1 Å². The lowest BCUT2D eigenvalue weighted by Gasteiger charge is -2.39. The lowest BCUT2D eigenvalue weighted by molar-refractivity contribution is -0.337. The van der Waals surface area contributed by atoms with Gasteiger partial charge in [-0.25, -0.2) is 9.37 Å². The van der Waals surface area contributed by atoms with Crippen LogP contribution in [0.4, 0.5) is 19.1 Å². The fraction of sp³-hybridized carbons (Fsp3) is 0.214. The number of benzene rings is 1. The molecule has 3 aromatic rings. The van der Waals surface area contributed by atoms with Crippen LogP contribution in [0.25, 0.3) is 11.2 Å². The number of aromatic nitrogens is 4. The van der Waals surface area contributed by atoms with E-state index in [2.05, 4.69) is 15.0 Å². The minimum Gasteiger partial charge on any atom is -0.806 e. The number of nitrogens with two attached hydrogens (primary N) is 1. The third-order valence-electron chi connectivity index (χ3n) is 3.83. The first kappa shape index (κ1) is 19.1. The van der Waals surface area contributed by atoms with E-state index in [-0.39, 0.29) is 29.2 Å². The van der Waals surface area contributed by atoms with Crippen molar-refractivity contribution in [3.05, 3.63) is 52.1 Å². The van der Waals surface area contributed by atoms with E-state index in [1.807, 2.05) is 0 Å². The molecule has 3 rings (SSSR count). The second-order valence-corrected chi connectivity index (χ2v) is 7.23. The molecule has 0 spiro atoms. The highest BCUT2D eigenvalue weighted by molar-refractivity contribution is 7.50. The van der Waals surface area contributed by atoms with Gasteiger partial charge in [0, 0.05) is 7.60 Å². The van der Waals surface area contributed by atoms with E-state index < -0.39 is 30.6 Å². The molecular formula is C14H11F3N5O4P-2.